The van der Waals surface area contributed by atoms with Crippen molar-refractivity contribution in [2.45, 2.75) is 51.5 Å². The number of nitrogens with zero attached hydrogens (tertiary/aromatic N) is 2. The van der Waals surface area contributed by atoms with Crippen molar-refractivity contribution in [1.29, 1.82) is 0 Å². The second kappa shape index (κ2) is 8.41. The molecule has 0 aliphatic carbocycles. The Morgan fingerprint density at radius 3 is 2.67 bits per heavy atom. The van der Waals surface area contributed by atoms with Gasteiger partial charge in [-0.2, -0.15) is 0 Å². The van der Waals surface area contributed by atoms with Gasteiger partial charge in [-0.1, -0.05) is 30.3 Å². The van der Waals surface area contributed by atoms with E-state index in [1.807, 2.05) is 37.3 Å². The predicted octanol–water partition coefficient (Wildman–Crippen LogP) is 2.78. The molecule has 7 nitrogen and oxygen atoms in total. The van der Waals surface area contributed by atoms with Crippen LogP contribution in [-0.4, -0.2) is 54.7 Å². The third-order valence-electron chi connectivity index (χ3n) is 5.13. The molecule has 3 rings (SSSR count). The number of carbonyl (C=O) groups is 2. The first-order chi connectivity index (χ1) is 13.0. The second-order valence-corrected chi connectivity index (χ2v) is 7.07. The first-order valence-corrected chi connectivity index (χ1v) is 9.29. The Kier molecular flexibility index (Phi) is 5.98. The highest BCUT2D eigenvalue weighted by atomic mass is 16.6. The molecule has 0 bridgehead atoms. The summed E-state index contributed by atoms with van der Waals surface area (Å²) in [6.07, 6.45) is 0.978. The van der Waals surface area contributed by atoms with Crippen LogP contribution in [0.3, 0.4) is 0 Å². The first kappa shape index (κ1) is 19.2. The molecule has 0 aromatic heterocycles. The summed E-state index contributed by atoms with van der Waals surface area (Å²) in [5.74, 6) is 0.0917. The van der Waals surface area contributed by atoms with Gasteiger partial charge in [0.15, 0.2) is 11.9 Å². The third kappa shape index (κ3) is 4.40. The summed E-state index contributed by atoms with van der Waals surface area (Å²) in [5.41, 5.74) is 0.949. The van der Waals surface area contributed by atoms with Crippen molar-refractivity contribution in [3.8, 4) is 0 Å². The molecule has 7 heteroatoms. The number of benzene rings is 1. The number of aliphatic imine (C=N–C) groups is 1. The van der Waals surface area contributed by atoms with E-state index in [0.717, 1.165) is 18.4 Å². The maximum absolute atomic E-state index is 12.6. The van der Waals surface area contributed by atoms with Crippen LogP contribution in [0.15, 0.2) is 35.3 Å². The van der Waals surface area contributed by atoms with Crippen molar-refractivity contribution in [3.05, 3.63) is 35.9 Å². The lowest BCUT2D eigenvalue weighted by Gasteiger charge is -2.36. The molecule has 4 atom stereocenters. The van der Waals surface area contributed by atoms with Crippen LogP contribution >= 0.6 is 0 Å². The molecule has 2 unspecified atom stereocenters. The van der Waals surface area contributed by atoms with Crippen LogP contribution in [0.1, 0.15) is 32.3 Å². The Bertz CT molecular complexity index is 706. The summed E-state index contributed by atoms with van der Waals surface area (Å²) >= 11 is 0. The van der Waals surface area contributed by atoms with Gasteiger partial charge in [0.05, 0.1) is 13.0 Å². The monoisotopic (exact) mass is 374 g/mol. The summed E-state index contributed by atoms with van der Waals surface area (Å²) in [7, 11) is 1.34. The number of piperidine rings is 1. The first-order valence-electron chi connectivity index (χ1n) is 9.29. The molecule has 1 amide bonds. The molecule has 2 aliphatic heterocycles. The number of hydrogen-bond donors (Lipinski definition) is 0. The molecule has 0 saturated carbocycles. The Morgan fingerprint density at radius 1 is 1.22 bits per heavy atom. The lowest BCUT2D eigenvalue weighted by atomic mass is 9.93. The minimum atomic E-state index is -0.636. The zero-order chi connectivity index (χ0) is 19.4. The molecule has 1 aromatic rings. The highest BCUT2D eigenvalue weighted by molar-refractivity contribution is 5.88. The summed E-state index contributed by atoms with van der Waals surface area (Å²) in [4.78, 5) is 30.5. The van der Waals surface area contributed by atoms with Crippen molar-refractivity contribution in [2.24, 2.45) is 10.9 Å². The van der Waals surface area contributed by atoms with Crippen molar-refractivity contribution in [2.75, 3.05) is 13.7 Å². The van der Waals surface area contributed by atoms with E-state index in [-0.39, 0.29) is 30.8 Å². The van der Waals surface area contributed by atoms with Gasteiger partial charge in [0.1, 0.15) is 12.7 Å². The van der Waals surface area contributed by atoms with Crippen LogP contribution in [0, 0.1) is 5.92 Å². The van der Waals surface area contributed by atoms with E-state index < -0.39 is 12.0 Å². The standard InChI is InChI=1S/C20H26N2O5/c1-13-9-10-16(18-21-17(14(2)27-18)19(23)25-3)11-22(13)20(24)26-12-15-7-5-4-6-8-15/h4-8,13-14,16-17H,9-12H2,1-3H3/t13-,14?,16-,17?/m1/s1. The molecule has 0 spiro atoms. The molecular formula is C20H26N2O5. The van der Waals surface area contributed by atoms with Crippen LogP contribution in [0.5, 0.6) is 0 Å². The molecule has 27 heavy (non-hydrogen) atoms. The van der Waals surface area contributed by atoms with Gasteiger partial charge in [0.2, 0.25) is 0 Å². The minimum Gasteiger partial charge on any atom is -0.475 e. The number of carbonyl (C=O) groups excluding carboxylic acids is 2. The molecular weight excluding hydrogens is 348 g/mol. The smallest absolute Gasteiger partial charge is 0.410 e. The lowest BCUT2D eigenvalue weighted by Crippen LogP contribution is -2.47. The SMILES string of the molecule is COC(=O)C1N=C([C@@H]2CC[C@@H](C)N(C(=O)OCc3ccccc3)C2)OC1C. The highest BCUT2D eigenvalue weighted by Gasteiger charge is 2.40. The summed E-state index contributed by atoms with van der Waals surface area (Å²) in [6, 6.07) is 9.04. The van der Waals surface area contributed by atoms with Gasteiger partial charge in [-0.3, -0.25) is 0 Å². The van der Waals surface area contributed by atoms with Gasteiger partial charge in [-0.15, -0.1) is 0 Å². The molecule has 0 N–H and O–H groups in total. The molecule has 2 aliphatic rings. The van der Waals surface area contributed by atoms with Gasteiger partial charge in [-0.25, -0.2) is 14.6 Å². The zero-order valence-corrected chi connectivity index (χ0v) is 16.0. The fourth-order valence-corrected chi connectivity index (χ4v) is 3.46. The highest BCUT2D eigenvalue weighted by Crippen LogP contribution is 2.28. The quantitative estimate of drug-likeness (QED) is 0.758. The Balaban J connectivity index is 1.62. The number of amides is 1. The normalized spacial score (nSPS) is 27.5. The van der Waals surface area contributed by atoms with Crippen LogP contribution in [0.25, 0.3) is 0 Å². The van der Waals surface area contributed by atoms with E-state index in [2.05, 4.69) is 4.99 Å². The van der Waals surface area contributed by atoms with Crippen molar-refractivity contribution < 1.29 is 23.8 Å². The van der Waals surface area contributed by atoms with Crippen LogP contribution in [0.4, 0.5) is 4.79 Å². The van der Waals surface area contributed by atoms with E-state index in [0.29, 0.717) is 12.4 Å². The fraction of sp³-hybridized carbons (Fsp3) is 0.550. The maximum atomic E-state index is 12.6. The average molecular weight is 374 g/mol. The number of ether oxygens (including phenoxy) is 3. The Hall–Kier alpha value is -2.57. The third-order valence-corrected chi connectivity index (χ3v) is 5.13. The summed E-state index contributed by atoms with van der Waals surface area (Å²) in [5, 5.41) is 0. The number of methoxy groups -OCH3 is 1. The molecule has 1 saturated heterocycles. The number of esters is 1. The summed E-state index contributed by atoms with van der Waals surface area (Å²) < 4.78 is 16.1. The summed E-state index contributed by atoms with van der Waals surface area (Å²) in [6.45, 7) is 4.52. The minimum absolute atomic E-state index is 0.0393. The predicted molar refractivity (Wildman–Crippen MR) is 99.3 cm³/mol. The number of hydrogen-bond acceptors (Lipinski definition) is 6. The van der Waals surface area contributed by atoms with Crippen molar-refractivity contribution in [1.82, 2.24) is 4.90 Å². The van der Waals surface area contributed by atoms with Gasteiger partial charge < -0.3 is 19.1 Å². The molecule has 0 radical (unpaired) electrons. The lowest BCUT2D eigenvalue weighted by molar-refractivity contribution is -0.143. The van der Waals surface area contributed by atoms with Crippen molar-refractivity contribution in [3.63, 3.8) is 0 Å². The molecule has 1 fully saturated rings. The average Bonchev–Trinajstić information content (AvgIpc) is 3.08. The van der Waals surface area contributed by atoms with Crippen LogP contribution in [-0.2, 0) is 25.6 Å². The van der Waals surface area contributed by atoms with E-state index in [1.54, 1.807) is 11.8 Å². The second-order valence-electron chi connectivity index (χ2n) is 7.07. The van der Waals surface area contributed by atoms with E-state index in [4.69, 9.17) is 14.2 Å². The van der Waals surface area contributed by atoms with Gasteiger partial charge >= 0.3 is 12.1 Å². The Morgan fingerprint density at radius 2 is 1.96 bits per heavy atom. The van der Waals surface area contributed by atoms with E-state index in [1.165, 1.54) is 7.11 Å². The van der Waals surface area contributed by atoms with Gasteiger partial charge in [0, 0.05) is 12.6 Å². The van der Waals surface area contributed by atoms with E-state index >= 15 is 0 Å². The van der Waals surface area contributed by atoms with Gasteiger partial charge in [0.25, 0.3) is 0 Å². The van der Waals surface area contributed by atoms with Crippen molar-refractivity contribution >= 4 is 18.0 Å². The topological polar surface area (TPSA) is 77.4 Å². The number of likely N-dealkylation sites (tertiary alicyclic amines) is 1. The zero-order valence-electron chi connectivity index (χ0n) is 16.0. The maximum Gasteiger partial charge on any atom is 0.410 e. The van der Waals surface area contributed by atoms with E-state index in [9.17, 15) is 9.59 Å². The molecule has 2 heterocycles. The fourth-order valence-electron chi connectivity index (χ4n) is 3.46. The van der Waals surface area contributed by atoms with Gasteiger partial charge in [-0.05, 0) is 32.3 Å². The van der Waals surface area contributed by atoms with Crippen LogP contribution < -0.4 is 0 Å². The molecule has 146 valence electrons. The number of rotatable bonds is 4. The largest absolute Gasteiger partial charge is 0.475 e. The Labute approximate surface area is 159 Å². The molecule has 1 aromatic carbocycles. The van der Waals surface area contributed by atoms with Crippen LogP contribution in [0.2, 0.25) is 0 Å².